The van der Waals surface area contributed by atoms with E-state index in [0.717, 1.165) is 38.1 Å². The van der Waals surface area contributed by atoms with Crippen molar-refractivity contribution in [2.75, 3.05) is 0 Å². The summed E-state index contributed by atoms with van der Waals surface area (Å²) in [4.78, 5) is 0. The van der Waals surface area contributed by atoms with Gasteiger partial charge in [-0.25, -0.2) is 0 Å². The second kappa shape index (κ2) is 6.05. The van der Waals surface area contributed by atoms with Gasteiger partial charge in [-0.3, -0.25) is 0 Å². The van der Waals surface area contributed by atoms with E-state index in [9.17, 15) is 0 Å². The van der Waals surface area contributed by atoms with E-state index in [1.54, 1.807) is 0 Å². The van der Waals surface area contributed by atoms with Crippen LogP contribution in [0.25, 0.3) is 44.2 Å². The highest BCUT2D eigenvalue weighted by Gasteiger charge is 2.16. The summed E-state index contributed by atoms with van der Waals surface area (Å²) in [6.07, 6.45) is 0. The molecule has 0 N–H and O–H groups in total. The van der Waals surface area contributed by atoms with Crippen LogP contribution in [0.3, 0.4) is 0 Å². The zero-order valence-electron chi connectivity index (χ0n) is 13.9. The quantitative estimate of drug-likeness (QED) is 0.318. The van der Waals surface area contributed by atoms with Gasteiger partial charge in [0.05, 0.1) is 0 Å². The zero-order valence-corrected chi connectivity index (χ0v) is 14.7. The van der Waals surface area contributed by atoms with Crippen LogP contribution in [0.15, 0.2) is 95.4 Å². The fourth-order valence-electron chi connectivity index (χ4n) is 3.57. The fraction of sp³-hybridized carbons (Fsp3) is 0. The van der Waals surface area contributed by atoms with Gasteiger partial charge in [-0.2, -0.15) is 0 Å². The second-order valence-corrected chi connectivity index (χ2v) is 6.78. The molecule has 2 heteroatoms. The van der Waals surface area contributed by atoms with Gasteiger partial charge >= 0.3 is 0 Å². The lowest BCUT2D eigenvalue weighted by molar-refractivity contribution is 0.670. The molecule has 0 saturated heterocycles. The van der Waals surface area contributed by atoms with Gasteiger partial charge in [0.25, 0.3) is 0 Å². The molecule has 5 aromatic rings. The maximum absolute atomic E-state index is 6.30. The Labute approximate surface area is 156 Å². The van der Waals surface area contributed by atoms with Crippen molar-refractivity contribution in [2.45, 2.75) is 0 Å². The van der Waals surface area contributed by atoms with Crippen molar-refractivity contribution >= 4 is 33.5 Å². The van der Waals surface area contributed by atoms with Crippen molar-refractivity contribution in [1.82, 2.24) is 0 Å². The predicted molar refractivity (Wildman–Crippen MR) is 110 cm³/mol. The van der Waals surface area contributed by atoms with Crippen LogP contribution in [-0.2, 0) is 0 Å². The van der Waals surface area contributed by atoms with Gasteiger partial charge in [0.2, 0.25) is 0 Å². The Balaban J connectivity index is 1.91. The summed E-state index contributed by atoms with van der Waals surface area (Å²) >= 11 is 6.22. The van der Waals surface area contributed by atoms with E-state index in [2.05, 4.69) is 54.6 Å². The van der Waals surface area contributed by atoms with Crippen LogP contribution in [0.2, 0.25) is 5.02 Å². The van der Waals surface area contributed by atoms with Crippen molar-refractivity contribution in [3.05, 3.63) is 96.0 Å². The molecule has 1 heterocycles. The van der Waals surface area contributed by atoms with Gasteiger partial charge in [0.15, 0.2) is 0 Å². The largest absolute Gasteiger partial charge is 0.455 e. The van der Waals surface area contributed by atoms with Crippen LogP contribution in [0, 0.1) is 0 Å². The lowest BCUT2D eigenvalue weighted by atomic mass is 9.95. The first-order valence-electron chi connectivity index (χ1n) is 8.57. The molecule has 0 aliphatic carbocycles. The molecular weight excluding hydrogens is 340 g/mol. The molecule has 1 aromatic heterocycles. The van der Waals surface area contributed by atoms with Crippen molar-refractivity contribution in [3.8, 4) is 22.3 Å². The molecule has 0 bridgehead atoms. The van der Waals surface area contributed by atoms with Crippen LogP contribution in [-0.4, -0.2) is 0 Å². The minimum absolute atomic E-state index is 0.721. The van der Waals surface area contributed by atoms with E-state index in [-0.39, 0.29) is 0 Å². The number of hydrogen-bond acceptors (Lipinski definition) is 1. The maximum Gasteiger partial charge on any atom is 0.143 e. The number of halogens is 1. The minimum Gasteiger partial charge on any atom is -0.455 e. The molecule has 124 valence electrons. The standard InChI is InChI=1S/C24H15ClO/c25-18-10-6-9-17(15-18)20-14-13-19(16-7-2-1-3-8-16)23-21-11-4-5-12-22(21)26-24(20)23/h1-15H. The smallest absolute Gasteiger partial charge is 0.143 e. The Morgan fingerprint density at radius 2 is 1.35 bits per heavy atom. The first-order chi connectivity index (χ1) is 12.8. The summed E-state index contributed by atoms with van der Waals surface area (Å²) in [6, 6.07) is 30.8. The summed E-state index contributed by atoms with van der Waals surface area (Å²) in [7, 11) is 0. The minimum atomic E-state index is 0.721. The van der Waals surface area contributed by atoms with Crippen LogP contribution in [0.5, 0.6) is 0 Å². The van der Waals surface area contributed by atoms with Crippen LogP contribution in [0.4, 0.5) is 0 Å². The summed E-state index contributed by atoms with van der Waals surface area (Å²) in [5, 5.41) is 2.99. The number of fused-ring (bicyclic) bond motifs is 3. The summed E-state index contributed by atoms with van der Waals surface area (Å²) in [5.41, 5.74) is 6.27. The first kappa shape index (κ1) is 15.2. The van der Waals surface area contributed by atoms with Gasteiger partial charge in [0, 0.05) is 21.4 Å². The summed E-state index contributed by atoms with van der Waals surface area (Å²) < 4.78 is 6.30. The molecule has 0 aliphatic heterocycles. The Bertz CT molecular complexity index is 1240. The molecule has 26 heavy (non-hydrogen) atoms. The van der Waals surface area contributed by atoms with Crippen LogP contribution >= 0.6 is 11.6 Å². The van der Waals surface area contributed by atoms with Crippen molar-refractivity contribution in [1.29, 1.82) is 0 Å². The number of para-hydroxylation sites is 1. The highest BCUT2D eigenvalue weighted by Crippen LogP contribution is 2.41. The Hall–Kier alpha value is -3.03. The average molecular weight is 355 g/mol. The van der Waals surface area contributed by atoms with E-state index >= 15 is 0 Å². The third-order valence-electron chi connectivity index (χ3n) is 4.75. The van der Waals surface area contributed by atoms with Crippen LogP contribution < -0.4 is 0 Å². The Morgan fingerprint density at radius 3 is 2.19 bits per heavy atom. The molecule has 0 spiro atoms. The zero-order chi connectivity index (χ0) is 17.5. The number of hydrogen-bond donors (Lipinski definition) is 0. The number of benzene rings is 4. The molecule has 0 fully saturated rings. The van der Waals surface area contributed by atoms with Gasteiger partial charge in [-0.15, -0.1) is 0 Å². The fourth-order valence-corrected chi connectivity index (χ4v) is 3.76. The molecule has 0 amide bonds. The molecule has 0 radical (unpaired) electrons. The predicted octanol–water partition coefficient (Wildman–Crippen LogP) is 7.57. The number of rotatable bonds is 2. The molecule has 1 nitrogen and oxygen atoms in total. The lowest BCUT2D eigenvalue weighted by Gasteiger charge is -2.08. The molecule has 0 saturated carbocycles. The normalized spacial score (nSPS) is 11.3. The Kier molecular flexibility index (Phi) is 3.55. The van der Waals surface area contributed by atoms with Gasteiger partial charge in [0.1, 0.15) is 11.2 Å². The summed E-state index contributed by atoms with van der Waals surface area (Å²) in [6.45, 7) is 0. The monoisotopic (exact) mass is 354 g/mol. The SMILES string of the molecule is Clc1cccc(-c2ccc(-c3ccccc3)c3c2oc2ccccc23)c1. The Morgan fingerprint density at radius 1 is 0.615 bits per heavy atom. The first-order valence-corrected chi connectivity index (χ1v) is 8.95. The molecule has 0 unspecified atom stereocenters. The van der Waals surface area contributed by atoms with E-state index in [4.69, 9.17) is 16.0 Å². The van der Waals surface area contributed by atoms with E-state index in [1.807, 2.05) is 36.4 Å². The lowest BCUT2D eigenvalue weighted by Crippen LogP contribution is -1.84. The van der Waals surface area contributed by atoms with Gasteiger partial charge < -0.3 is 4.42 Å². The third-order valence-corrected chi connectivity index (χ3v) is 4.98. The van der Waals surface area contributed by atoms with Gasteiger partial charge in [-0.05, 0) is 41.0 Å². The average Bonchev–Trinajstić information content (AvgIpc) is 3.07. The molecule has 0 aliphatic rings. The van der Waals surface area contributed by atoms with Crippen molar-refractivity contribution < 1.29 is 4.42 Å². The van der Waals surface area contributed by atoms with Gasteiger partial charge in [-0.1, -0.05) is 78.3 Å². The second-order valence-electron chi connectivity index (χ2n) is 6.34. The molecular formula is C24H15ClO. The molecule has 4 aromatic carbocycles. The third kappa shape index (κ3) is 2.40. The van der Waals surface area contributed by atoms with E-state index in [1.165, 1.54) is 11.1 Å². The molecule has 0 atom stereocenters. The van der Waals surface area contributed by atoms with E-state index < -0.39 is 0 Å². The van der Waals surface area contributed by atoms with Crippen molar-refractivity contribution in [3.63, 3.8) is 0 Å². The van der Waals surface area contributed by atoms with Crippen molar-refractivity contribution in [2.24, 2.45) is 0 Å². The molecule has 5 rings (SSSR count). The number of furan rings is 1. The summed E-state index contributed by atoms with van der Waals surface area (Å²) in [5.74, 6) is 0. The van der Waals surface area contributed by atoms with Crippen LogP contribution in [0.1, 0.15) is 0 Å². The topological polar surface area (TPSA) is 13.1 Å². The van der Waals surface area contributed by atoms with E-state index in [0.29, 0.717) is 0 Å². The highest BCUT2D eigenvalue weighted by atomic mass is 35.5. The maximum atomic E-state index is 6.30. The highest BCUT2D eigenvalue weighted by molar-refractivity contribution is 6.31.